The summed E-state index contributed by atoms with van der Waals surface area (Å²) in [5.41, 5.74) is 16.3. The molecule has 0 amide bonds. The van der Waals surface area contributed by atoms with Gasteiger partial charge < -0.3 is 57.5 Å². The minimum absolute atomic E-state index is 0.765. The van der Waals surface area contributed by atoms with Gasteiger partial charge in [0, 0.05) is 68.2 Å². The highest BCUT2D eigenvalue weighted by molar-refractivity contribution is 7.24. The van der Waals surface area contributed by atoms with Crippen molar-refractivity contribution in [3.05, 3.63) is 267 Å². The maximum absolute atomic E-state index is 5.75. The Bertz CT molecular complexity index is 3860. The van der Waals surface area contributed by atoms with Gasteiger partial charge in [0.05, 0.1) is 56.9 Å². The molecule has 0 unspecified atom stereocenters. The third-order valence-electron chi connectivity index (χ3n) is 17.9. The summed E-state index contributed by atoms with van der Waals surface area (Å²) in [5, 5.41) is 4.98. The van der Waals surface area contributed by atoms with Crippen molar-refractivity contribution in [2.24, 2.45) is 0 Å². The van der Waals surface area contributed by atoms with Gasteiger partial charge in [-0.3, -0.25) is 0 Å². The molecule has 0 saturated carbocycles. The molecule has 93 heavy (non-hydrogen) atoms. The standard InChI is InChI=1S/C80H68N4O8Si/c1-85-65-29-9-53(10-30-65)81(54-11-31-66(86-2)32-12-54)61-25-45-73-74-46-26-62(82(55-13-33-67(87-3)34-14-55)56-15-35-68(88-4)36-16-56)50-78(74)93(77(73)49-61)79-51-63(83(57-17-37-69(89-5)38-18-57)58-19-39-70(90-6)40-20-58)27-47-75(79)76-48-28-64(52-80(76)93)84(59-21-41-71(91-7)42-22-59)60-23-43-72(92-8)44-24-60/h9-52H,1-8H3. The maximum Gasteiger partial charge on any atom is 0.182 e. The third-order valence-corrected chi connectivity index (χ3v) is 22.8. The van der Waals surface area contributed by atoms with Crippen LogP contribution in [0.4, 0.5) is 68.2 Å². The van der Waals surface area contributed by atoms with Crippen molar-refractivity contribution >= 4 is 97.1 Å². The molecule has 460 valence electrons. The van der Waals surface area contributed by atoms with E-state index in [9.17, 15) is 0 Å². The van der Waals surface area contributed by atoms with Crippen LogP contribution in [0.5, 0.6) is 46.0 Å². The van der Waals surface area contributed by atoms with E-state index in [4.69, 9.17) is 37.9 Å². The largest absolute Gasteiger partial charge is 0.497 e. The summed E-state index contributed by atoms with van der Waals surface area (Å²) in [4.78, 5) is 9.33. The molecule has 0 fully saturated rings. The molecular weight excluding hydrogens is 1170 g/mol. The molecule has 12 nitrogen and oxygen atoms in total. The second kappa shape index (κ2) is 25.0. The van der Waals surface area contributed by atoms with Crippen molar-refractivity contribution in [2.75, 3.05) is 76.5 Å². The second-order valence-electron chi connectivity index (χ2n) is 22.6. The summed E-state index contributed by atoms with van der Waals surface area (Å²) >= 11 is 0. The molecule has 1 spiro atoms. The van der Waals surface area contributed by atoms with Gasteiger partial charge in [-0.1, -0.05) is 24.3 Å². The first-order valence-corrected chi connectivity index (χ1v) is 32.6. The highest BCUT2D eigenvalue weighted by atomic mass is 28.3. The number of hydrogen-bond donors (Lipinski definition) is 0. The van der Waals surface area contributed by atoms with Gasteiger partial charge >= 0.3 is 0 Å². The molecule has 12 aromatic carbocycles. The number of anilines is 12. The average molecular weight is 1240 g/mol. The van der Waals surface area contributed by atoms with Crippen LogP contribution >= 0.6 is 0 Å². The summed E-state index contributed by atoms with van der Waals surface area (Å²) in [7, 11) is 9.95. The Morgan fingerprint density at radius 2 is 0.301 bits per heavy atom. The van der Waals surface area contributed by atoms with E-state index in [1.807, 2.05) is 97.1 Å². The molecule has 0 bridgehead atoms. The number of benzene rings is 12. The van der Waals surface area contributed by atoms with Gasteiger partial charge in [-0.15, -0.1) is 0 Å². The molecular formula is C80H68N4O8Si. The first kappa shape index (κ1) is 59.1. The number of rotatable bonds is 20. The fourth-order valence-corrected chi connectivity index (χ4v) is 19.1. The van der Waals surface area contributed by atoms with Crippen molar-refractivity contribution in [3.63, 3.8) is 0 Å². The Balaban J connectivity index is 1.10. The minimum Gasteiger partial charge on any atom is -0.497 e. The van der Waals surface area contributed by atoms with E-state index in [-0.39, 0.29) is 0 Å². The normalized spacial score (nSPS) is 12.0. The van der Waals surface area contributed by atoms with Crippen molar-refractivity contribution in [2.45, 2.75) is 0 Å². The minimum atomic E-state index is -3.65. The van der Waals surface area contributed by atoms with Crippen LogP contribution in [0.2, 0.25) is 0 Å². The molecule has 14 rings (SSSR count). The van der Waals surface area contributed by atoms with Gasteiger partial charge in [0.15, 0.2) is 8.07 Å². The van der Waals surface area contributed by atoms with Crippen LogP contribution in [0.25, 0.3) is 22.3 Å². The lowest BCUT2D eigenvalue weighted by Gasteiger charge is -2.33. The van der Waals surface area contributed by atoms with Gasteiger partial charge in [-0.05, 0) is 286 Å². The Labute approximate surface area is 543 Å². The van der Waals surface area contributed by atoms with Crippen LogP contribution in [0.1, 0.15) is 0 Å². The summed E-state index contributed by atoms with van der Waals surface area (Å²) in [6.45, 7) is 0. The molecule has 12 aromatic rings. The Morgan fingerprint density at radius 3 is 0.430 bits per heavy atom. The molecule has 0 atom stereocenters. The van der Waals surface area contributed by atoms with E-state index in [1.165, 1.54) is 20.7 Å². The topological polar surface area (TPSA) is 86.8 Å². The number of fused-ring (bicyclic) bond motifs is 10. The number of ether oxygens (including phenoxy) is 8. The number of hydrogen-bond acceptors (Lipinski definition) is 12. The van der Waals surface area contributed by atoms with Gasteiger partial charge in [-0.2, -0.15) is 0 Å². The van der Waals surface area contributed by atoms with E-state index >= 15 is 0 Å². The lowest BCUT2D eigenvalue weighted by atomic mass is 10.0. The molecule has 2 aliphatic rings. The highest BCUT2D eigenvalue weighted by Crippen LogP contribution is 2.47. The SMILES string of the molecule is COc1ccc(N(c2ccc(OC)cc2)c2ccc3c(c2)[Si]2(c4cc(N(c5ccc(OC)cc5)c5ccc(OC)cc5)ccc4-3)c3cc(N(c4ccc(OC)cc4)c4ccc(OC)cc4)ccc3-c3ccc(N(c4ccc(OC)cc4)c4ccc(OC)cc4)cc32)cc1. The fraction of sp³-hybridized carbons (Fsp3) is 0.100. The van der Waals surface area contributed by atoms with E-state index in [2.05, 4.69) is 189 Å². The van der Waals surface area contributed by atoms with Crippen molar-refractivity contribution in [3.8, 4) is 68.2 Å². The van der Waals surface area contributed by atoms with Gasteiger partial charge in [-0.25, -0.2) is 0 Å². The number of nitrogens with zero attached hydrogens (tertiary/aromatic N) is 4. The molecule has 13 heteroatoms. The van der Waals surface area contributed by atoms with Crippen LogP contribution in [0.15, 0.2) is 267 Å². The zero-order chi connectivity index (χ0) is 63.7. The molecule has 0 N–H and O–H groups in total. The molecule has 0 aromatic heterocycles. The molecule has 2 aliphatic heterocycles. The van der Waals surface area contributed by atoms with Gasteiger partial charge in [0.2, 0.25) is 0 Å². The molecule has 0 radical (unpaired) electrons. The maximum atomic E-state index is 5.75. The zero-order valence-corrected chi connectivity index (χ0v) is 54.0. The smallest absolute Gasteiger partial charge is 0.182 e. The quantitative estimate of drug-likeness (QED) is 0.0681. The lowest BCUT2D eigenvalue weighted by molar-refractivity contribution is 0.414. The van der Waals surface area contributed by atoms with E-state index < -0.39 is 8.07 Å². The third kappa shape index (κ3) is 10.6. The predicted molar refractivity (Wildman–Crippen MR) is 379 cm³/mol. The monoisotopic (exact) mass is 1240 g/mol. The predicted octanol–water partition coefficient (Wildman–Crippen LogP) is 17.0. The van der Waals surface area contributed by atoms with Crippen LogP contribution < -0.4 is 78.2 Å². The van der Waals surface area contributed by atoms with Crippen molar-refractivity contribution in [1.29, 1.82) is 0 Å². The summed E-state index contributed by atoms with van der Waals surface area (Å²) in [6, 6.07) is 94.7. The Kier molecular flexibility index (Phi) is 15.9. The van der Waals surface area contributed by atoms with E-state index in [1.54, 1.807) is 56.9 Å². The van der Waals surface area contributed by atoms with Crippen LogP contribution in [-0.2, 0) is 0 Å². The first-order valence-electron chi connectivity index (χ1n) is 30.6. The van der Waals surface area contributed by atoms with Crippen molar-refractivity contribution in [1.82, 2.24) is 0 Å². The van der Waals surface area contributed by atoms with Gasteiger partial charge in [0.25, 0.3) is 0 Å². The molecule has 0 saturated heterocycles. The second-order valence-corrected chi connectivity index (χ2v) is 26.3. The Hall–Kier alpha value is -11.5. The van der Waals surface area contributed by atoms with E-state index in [0.717, 1.165) is 136 Å². The lowest BCUT2D eigenvalue weighted by Crippen LogP contribution is -2.71. The van der Waals surface area contributed by atoms with Crippen molar-refractivity contribution < 1.29 is 37.9 Å². The van der Waals surface area contributed by atoms with Crippen LogP contribution in [0, 0.1) is 0 Å². The van der Waals surface area contributed by atoms with Crippen LogP contribution in [-0.4, -0.2) is 65.0 Å². The average Bonchev–Trinajstić information content (AvgIpc) is 1.51. The van der Waals surface area contributed by atoms with Crippen LogP contribution in [0.3, 0.4) is 0 Å². The molecule has 2 heterocycles. The first-order chi connectivity index (χ1) is 45.7. The highest BCUT2D eigenvalue weighted by Gasteiger charge is 2.55. The summed E-state index contributed by atoms with van der Waals surface area (Å²) in [6.07, 6.45) is 0. The number of methoxy groups -OCH3 is 8. The summed E-state index contributed by atoms with van der Waals surface area (Å²) in [5.74, 6) is 6.12. The Morgan fingerprint density at radius 1 is 0.172 bits per heavy atom. The zero-order valence-electron chi connectivity index (χ0n) is 53.0. The summed E-state index contributed by atoms with van der Waals surface area (Å²) < 4.78 is 46.0. The van der Waals surface area contributed by atoms with Gasteiger partial charge in [0.1, 0.15) is 46.0 Å². The molecule has 0 aliphatic carbocycles. The van der Waals surface area contributed by atoms with E-state index in [0.29, 0.717) is 0 Å². The fourth-order valence-electron chi connectivity index (χ4n) is 13.4.